The Kier molecular flexibility index (Phi) is 5.55. The van der Waals surface area contributed by atoms with Gasteiger partial charge in [0.1, 0.15) is 22.2 Å². The van der Waals surface area contributed by atoms with Crippen molar-refractivity contribution in [1.82, 2.24) is 24.8 Å². The molecule has 0 fully saturated rings. The van der Waals surface area contributed by atoms with Gasteiger partial charge in [0.15, 0.2) is 5.82 Å². The maximum Gasteiger partial charge on any atom is 0.387 e. The van der Waals surface area contributed by atoms with Crippen molar-refractivity contribution in [2.45, 2.75) is 43.2 Å². The van der Waals surface area contributed by atoms with Crippen LogP contribution < -0.4 is 16.3 Å². The molecule has 166 valence electrons. The second-order valence-electron chi connectivity index (χ2n) is 7.28. The van der Waals surface area contributed by atoms with Crippen molar-refractivity contribution in [1.29, 1.82) is 0 Å². The highest BCUT2D eigenvalue weighted by Gasteiger charge is 2.20. The Morgan fingerprint density at radius 3 is 2.69 bits per heavy atom. The molecule has 1 aliphatic carbocycles. The molecule has 32 heavy (non-hydrogen) atoms. The highest BCUT2D eigenvalue weighted by atomic mass is 32.2. The number of benzene rings is 1. The number of nitrogen functional groups attached to an aromatic ring is 2. The zero-order chi connectivity index (χ0) is 22.2. The van der Waals surface area contributed by atoms with Gasteiger partial charge in [-0.1, -0.05) is 11.8 Å². The number of aryl methyl sites for hydroxylation is 2. The first-order valence-electron chi connectivity index (χ1n) is 9.95. The summed E-state index contributed by atoms with van der Waals surface area (Å²) in [6, 6.07) is 6.04. The highest BCUT2D eigenvalue weighted by molar-refractivity contribution is 7.98. The standard InChI is InChI=1S/C20H19F2N7OS2/c21-19(22)30-11-7-5-10(6-8-11)17-27-28-20(29(17)24)31-9-14-25-16(23)15-12-3-1-2-4-13(12)32-18(15)26-14/h5-8,19H,1-4,9,24H2,(H2,23,25,26). The molecule has 12 heteroatoms. The van der Waals surface area contributed by atoms with E-state index < -0.39 is 6.61 Å². The number of hydrogen-bond acceptors (Lipinski definition) is 9. The second kappa shape index (κ2) is 8.51. The van der Waals surface area contributed by atoms with Gasteiger partial charge in [0.05, 0.1) is 11.1 Å². The summed E-state index contributed by atoms with van der Waals surface area (Å²) in [6.45, 7) is -2.88. The number of anilines is 1. The van der Waals surface area contributed by atoms with E-state index in [1.165, 1.54) is 51.9 Å². The van der Waals surface area contributed by atoms with E-state index in [1.807, 2.05) is 0 Å². The van der Waals surface area contributed by atoms with Crippen LogP contribution in [0.4, 0.5) is 14.6 Å². The Hall–Kier alpha value is -2.99. The number of thioether (sulfide) groups is 1. The summed E-state index contributed by atoms with van der Waals surface area (Å²) in [5.74, 6) is 8.18. The minimum Gasteiger partial charge on any atom is -0.435 e. The first-order valence-corrected chi connectivity index (χ1v) is 11.7. The number of nitrogens with two attached hydrogens (primary N) is 2. The lowest BCUT2D eigenvalue weighted by Crippen LogP contribution is -2.11. The van der Waals surface area contributed by atoms with Crippen molar-refractivity contribution in [3.63, 3.8) is 0 Å². The van der Waals surface area contributed by atoms with E-state index in [2.05, 4.69) is 19.9 Å². The lowest BCUT2D eigenvalue weighted by atomic mass is 9.97. The number of thiophene rings is 1. The minimum atomic E-state index is -2.88. The van der Waals surface area contributed by atoms with Crippen LogP contribution in [0.15, 0.2) is 29.4 Å². The summed E-state index contributed by atoms with van der Waals surface area (Å²) in [5, 5.41) is 9.72. The second-order valence-corrected chi connectivity index (χ2v) is 9.31. The molecule has 0 radical (unpaired) electrons. The smallest absolute Gasteiger partial charge is 0.387 e. The molecule has 3 aromatic heterocycles. The van der Waals surface area contributed by atoms with E-state index in [4.69, 9.17) is 16.6 Å². The number of fused-ring (bicyclic) bond motifs is 3. The maximum absolute atomic E-state index is 12.3. The van der Waals surface area contributed by atoms with E-state index >= 15 is 0 Å². The molecule has 0 unspecified atom stereocenters. The number of halogens is 2. The van der Waals surface area contributed by atoms with Crippen LogP contribution >= 0.6 is 23.1 Å². The molecule has 0 saturated heterocycles. The molecule has 0 atom stereocenters. The fourth-order valence-corrected chi connectivity index (χ4v) is 5.78. The Bertz CT molecular complexity index is 1270. The largest absolute Gasteiger partial charge is 0.435 e. The summed E-state index contributed by atoms with van der Waals surface area (Å²) in [5.41, 5.74) is 8.21. The molecule has 0 amide bonds. The van der Waals surface area contributed by atoms with Gasteiger partial charge >= 0.3 is 6.61 Å². The lowest BCUT2D eigenvalue weighted by molar-refractivity contribution is -0.0498. The number of rotatable bonds is 6. The topological polar surface area (TPSA) is 118 Å². The molecular formula is C20H19F2N7OS2. The van der Waals surface area contributed by atoms with Gasteiger partial charge < -0.3 is 16.3 Å². The van der Waals surface area contributed by atoms with Crippen LogP contribution in [0.25, 0.3) is 21.6 Å². The van der Waals surface area contributed by atoms with Gasteiger partial charge in [0, 0.05) is 10.4 Å². The van der Waals surface area contributed by atoms with Crippen LogP contribution in [0.3, 0.4) is 0 Å². The Balaban J connectivity index is 1.33. The van der Waals surface area contributed by atoms with Crippen molar-refractivity contribution in [2.75, 3.05) is 11.6 Å². The van der Waals surface area contributed by atoms with Gasteiger partial charge in [-0.3, -0.25) is 0 Å². The lowest BCUT2D eigenvalue weighted by Gasteiger charge is -2.10. The van der Waals surface area contributed by atoms with E-state index in [9.17, 15) is 8.78 Å². The van der Waals surface area contributed by atoms with Gasteiger partial charge in [-0.25, -0.2) is 14.6 Å². The molecule has 5 rings (SSSR count). The third-order valence-electron chi connectivity index (χ3n) is 5.22. The molecule has 1 aromatic carbocycles. The van der Waals surface area contributed by atoms with Gasteiger partial charge in [-0.2, -0.15) is 8.78 Å². The SMILES string of the molecule is Nc1nc(CSc2nnc(-c3ccc(OC(F)F)cc3)n2N)nc2sc3c(c12)CCCC3. The quantitative estimate of drug-likeness (QED) is 0.317. The van der Waals surface area contributed by atoms with Gasteiger partial charge in [0.25, 0.3) is 0 Å². The fourth-order valence-electron chi connectivity index (χ4n) is 3.78. The molecule has 1 aliphatic rings. The van der Waals surface area contributed by atoms with Crippen molar-refractivity contribution in [2.24, 2.45) is 0 Å². The van der Waals surface area contributed by atoms with Crippen LogP contribution in [-0.2, 0) is 18.6 Å². The zero-order valence-electron chi connectivity index (χ0n) is 16.8. The first kappa shape index (κ1) is 20.9. The molecule has 0 bridgehead atoms. The highest BCUT2D eigenvalue weighted by Crippen LogP contribution is 2.38. The Morgan fingerprint density at radius 2 is 1.91 bits per heavy atom. The Morgan fingerprint density at radius 1 is 1.12 bits per heavy atom. The van der Waals surface area contributed by atoms with Gasteiger partial charge in [-0.05, 0) is 55.5 Å². The average molecular weight is 476 g/mol. The van der Waals surface area contributed by atoms with E-state index in [0.717, 1.165) is 23.1 Å². The summed E-state index contributed by atoms with van der Waals surface area (Å²) < 4.78 is 30.3. The normalized spacial score (nSPS) is 13.6. The van der Waals surface area contributed by atoms with Crippen LogP contribution in [0.5, 0.6) is 5.75 Å². The monoisotopic (exact) mass is 475 g/mol. The molecule has 0 aliphatic heterocycles. The third-order valence-corrected chi connectivity index (χ3v) is 7.35. The molecule has 8 nitrogen and oxygen atoms in total. The van der Waals surface area contributed by atoms with Crippen LogP contribution in [0.1, 0.15) is 29.1 Å². The van der Waals surface area contributed by atoms with Gasteiger partial charge in [-0.15, -0.1) is 21.5 Å². The van der Waals surface area contributed by atoms with E-state index in [1.54, 1.807) is 23.5 Å². The van der Waals surface area contributed by atoms with Crippen LogP contribution in [-0.4, -0.2) is 31.5 Å². The molecule has 4 N–H and O–H groups in total. The van der Waals surface area contributed by atoms with Crippen LogP contribution in [0, 0.1) is 0 Å². The minimum absolute atomic E-state index is 0.0572. The number of nitrogens with zero attached hydrogens (tertiary/aromatic N) is 5. The van der Waals surface area contributed by atoms with Gasteiger partial charge in [0.2, 0.25) is 5.16 Å². The van der Waals surface area contributed by atoms with Crippen molar-refractivity contribution < 1.29 is 13.5 Å². The molecular weight excluding hydrogens is 456 g/mol. The predicted molar refractivity (Wildman–Crippen MR) is 120 cm³/mol. The van der Waals surface area contributed by atoms with Crippen molar-refractivity contribution in [3.05, 3.63) is 40.5 Å². The maximum atomic E-state index is 12.3. The predicted octanol–water partition coefficient (Wildman–Crippen LogP) is 4.02. The molecule has 3 heterocycles. The third kappa shape index (κ3) is 3.95. The molecule has 0 saturated carbocycles. The Labute approximate surface area is 190 Å². The number of aromatic nitrogens is 5. The average Bonchev–Trinajstić information content (AvgIpc) is 3.33. The first-order chi connectivity index (χ1) is 15.5. The number of alkyl halides is 2. The molecule has 4 aromatic rings. The van der Waals surface area contributed by atoms with Crippen molar-refractivity contribution >= 4 is 39.1 Å². The van der Waals surface area contributed by atoms with Crippen LogP contribution in [0.2, 0.25) is 0 Å². The molecule has 0 spiro atoms. The summed E-state index contributed by atoms with van der Waals surface area (Å²) in [6.07, 6.45) is 4.48. The fraction of sp³-hybridized carbons (Fsp3) is 0.300. The summed E-state index contributed by atoms with van der Waals surface area (Å²) in [4.78, 5) is 11.5. The summed E-state index contributed by atoms with van der Waals surface area (Å²) in [7, 11) is 0. The van der Waals surface area contributed by atoms with Crippen molar-refractivity contribution in [3.8, 4) is 17.1 Å². The number of hydrogen-bond donors (Lipinski definition) is 2. The van der Waals surface area contributed by atoms with E-state index in [0.29, 0.717) is 33.9 Å². The van der Waals surface area contributed by atoms with E-state index in [-0.39, 0.29) is 5.75 Å². The number of ether oxygens (including phenoxy) is 1. The zero-order valence-corrected chi connectivity index (χ0v) is 18.4. The summed E-state index contributed by atoms with van der Waals surface area (Å²) >= 11 is 3.05.